The van der Waals surface area contributed by atoms with E-state index in [2.05, 4.69) is 10.6 Å². The van der Waals surface area contributed by atoms with E-state index >= 15 is 0 Å². The van der Waals surface area contributed by atoms with E-state index in [4.69, 9.17) is 0 Å². The third kappa shape index (κ3) is 2.28. The Morgan fingerprint density at radius 1 is 1.00 bits per heavy atom. The lowest BCUT2D eigenvalue weighted by atomic mass is 10.3. The van der Waals surface area contributed by atoms with Crippen molar-refractivity contribution in [3.05, 3.63) is 0 Å². The lowest BCUT2D eigenvalue weighted by molar-refractivity contribution is 0.521. The quantitative estimate of drug-likeness (QED) is 0.469. The van der Waals surface area contributed by atoms with Crippen LogP contribution >= 0.6 is 0 Å². The molecule has 1 aliphatic heterocycles. The maximum absolute atomic E-state index is 4.27. The largest absolute Gasteiger partial charge is 0.315 e. The highest BCUT2D eigenvalue weighted by atomic mass is 14.9. The molecule has 0 aliphatic carbocycles. The fraction of sp³-hybridized carbons (Fsp3) is 1.00. The van der Waals surface area contributed by atoms with Gasteiger partial charge in [-0.1, -0.05) is 0 Å². The summed E-state index contributed by atoms with van der Waals surface area (Å²) >= 11 is 0. The highest BCUT2D eigenvalue weighted by molar-refractivity contribution is 4.56. The van der Waals surface area contributed by atoms with Gasteiger partial charge in [0.25, 0.3) is 0 Å². The Bertz CT molecular complexity index is 30.5. The number of hydrogen-bond acceptors (Lipinski definition) is 1. The predicted molar refractivity (Wildman–Crippen MR) is 34.0 cm³/mol. The lowest BCUT2D eigenvalue weighted by Gasteiger charge is -2.08. The number of rotatable bonds is 0. The van der Waals surface area contributed by atoms with Gasteiger partial charge in [-0.2, -0.15) is 0 Å². The molecular weight excluding hydrogens is 100 g/mol. The molecule has 2 heteroatoms. The maximum Gasteiger partial charge on any atom is 0.0258 e. The van der Waals surface area contributed by atoms with Crippen LogP contribution in [0.1, 0.15) is 12.8 Å². The molecule has 0 unspecified atom stereocenters. The van der Waals surface area contributed by atoms with Gasteiger partial charge in [0, 0.05) is 19.6 Å². The molecule has 1 aliphatic rings. The predicted octanol–water partition coefficient (Wildman–Crippen LogP) is -0.0258. The summed E-state index contributed by atoms with van der Waals surface area (Å²) < 4.78 is 0. The van der Waals surface area contributed by atoms with Crippen molar-refractivity contribution in [1.29, 1.82) is 0 Å². The first-order valence-electron chi connectivity index (χ1n) is 3.34. The zero-order valence-electron chi connectivity index (χ0n) is 5.19. The maximum atomic E-state index is 4.27. The van der Waals surface area contributed by atoms with Crippen molar-refractivity contribution < 1.29 is 0 Å². The van der Waals surface area contributed by atoms with Gasteiger partial charge in [-0.3, -0.25) is 0 Å². The summed E-state index contributed by atoms with van der Waals surface area (Å²) in [7, 11) is 0. The van der Waals surface area contributed by atoms with Gasteiger partial charge in [-0.25, -0.2) is 5.32 Å². The van der Waals surface area contributed by atoms with Crippen molar-refractivity contribution in [3.8, 4) is 0 Å². The number of hydrogen-bond donors (Lipinski definition) is 1. The molecule has 1 fully saturated rings. The second-order valence-corrected chi connectivity index (χ2v) is 2.13. The molecule has 0 aromatic carbocycles. The highest BCUT2D eigenvalue weighted by Gasteiger charge is 1.94. The number of nitrogens with one attached hydrogen (secondary N) is 1. The summed E-state index contributed by atoms with van der Waals surface area (Å²) in [5.41, 5.74) is 0. The molecule has 0 amide bonds. The van der Waals surface area contributed by atoms with Crippen LogP contribution < -0.4 is 10.6 Å². The molecule has 0 aromatic heterocycles. The second-order valence-electron chi connectivity index (χ2n) is 2.13. The Labute approximate surface area is 50.7 Å². The smallest absolute Gasteiger partial charge is 0.0258 e. The molecule has 0 spiro atoms. The van der Waals surface area contributed by atoms with Crippen molar-refractivity contribution in [2.24, 2.45) is 0 Å². The van der Waals surface area contributed by atoms with Crippen LogP contribution in [0.4, 0.5) is 0 Å². The van der Waals surface area contributed by atoms with E-state index in [1.54, 1.807) is 0 Å². The van der Waals surface area contributed by atoms with Crippen LogP contribution in [0.25, 0.3) is 0 Å². The van der Waals surface area contributed by atoms with Gasteiger partial charge in [0.05, 0.1) is 0 Å². The van der Waals surface area contributed by atoms with E-state index in [1.807, 2.05) is 0 Å². The Balaban J connectivity index is 2.00. The van der Waals surface area contributed by atoms with Gasteiger partial charge in [0.1, 0.15) is 0 Å². The Morgan fingerprint density at radius 2 is 2.00 bits per heavy atom. The summed E-state index contributed by atoms with van der Waals surface area (Å²) in [6.45, 7) is 4.37. The fourth-order valence-corrected chi connectivity index (χ4v) is 0.869. The topological polar surface area (TPSA) is 26.1 Å². The molecule has 0 bridgehead atoms. The van der Waals surface area contributed by atoms with Crippen LogP contribution in [-0.2, 0) is 0 Å². The van der Waals surface area contributed by atoms with Crippen molar-refractivity contribution in [2.75, 3.05) is 26.2 Å². The van der Waals surface area contributed by atoms with Gasteiger partial charge in [-0.15, -0.1) is 0 Å². The minimum Gasteiger partial charge on any atom is -0.315 e. The monoisotopic (exact) mass is 113 g/mol. The number of nitrogens with zero attached hydrogens (tertiary/aromatic N) is 1. The van der Waals surface area contributed by atoms with Gasteiger partial charge >= 0.3 is 0 Å². The third-order valence-corrected chi connectivity index (χ3v) is 1.37. The summed E-state index contributed by atoms with van der Waals surface area (Å²) in [4.78, 5) is 0. The summed E-state index contributed by atoms with van der Waals surface area (Å²) in [6.07, 6.45) is 2.57. The Morgan fingerprint density at radius 3 is 3.00 bits per heavy atom. The van der Waals surface area contributed by atoms with Crippen LogP contribution in [0.2, 0.25) is 0 Å². The zero-order valence-corrected chi connectivity index (χ0v) is 5.19. The van der Waals surface area contributed by atoms with Gasteiger partial charge in [0.2, 0.25) is 0 Å². The van der Waals surface area contributed by atoms with Crippen LogP contribution in [0.15, 0.2) is 0 Å². The first-order valence-corrected chi connectivity index (χ1v) is 3.34. The standard InChI is InChI=1S/C6H13N2/c1-2-4-8-6-5-7-3-1/h7H,1-6H2. The molecule has 0 aromatic rings. The molecule has 0 saturated carbocycles. The average molecular weight is 113 g/mol. The molecule has 0 atom stereocenters. The molecule has 1 N–H and O–H groups in total. The first kappa shape index (κ1) is 6.05. The highest BCUT2D eigenvalue weighted by Crippen LogP contribution is 1.86. The van der Waals surface area contributed by atoms with E-state index < -0.39 is 0 Å². The molecule has 47 valence electrons. The van der Waals surface area contributed by atoms with Crippen LogP contribution in [0.5, 0.6) is 0 Å². The van der Waals surface area contributed by atoms with E-state index in [9.17, 15) is 0 Å². The fourth-order valence-electron chi connectivity index (χ4n) is 0.869. The van der Waals surface area contributed by atoms with Crippen molar-refractivity contribution in [1.82, 2.24) is 10.6 Å². The molecule has 8 heavy (non-hydrogen) atoms. The molecular formula is C6H13N2. The Kier molecular flexibility index (Phi) is 2.92. The van der Waals surface area contributed by atoms with E-state index in [-0.39, 0.29) is 0 Å². The summed E-state index contributed by atoms with van der Waals surface area (Å²) in [5, 5.41) is 7.56. The second kappa shape index (κ2) is 3.87. The first-order chi connectivity index (χ1) is 4.00. The van der Waals surface area contributed by atoms with Crippen LogP contribution in [0, 0.1) is 0 Å². The Hall–Kier alpha value is -0.0800. The third-order valence-electron chi connectivity index (χ3n) is 1.37. The van der Waals surface area contributed by atoms with Crippen LogP contribution in [-0.4, -0.2) is 26.2 Å². The zero-order chi connectivity index (χ0) is 5.66. The van der Waals surface area contributed by atoms with Crippen molar-refractivity contribution >= 4 is 0 Å². The molecule has 2 nitrogen and oxygen atoms in total. The normalized spacial score (nSPS) is 24.0. The summed E-state index contributed by atoms with van der Waals surface area (Å²) in [6, 6.07) is 0. The van der Waals surface area contributed by atoms with Crippen molar-refractivity contribution in [3.63, 3.8) is 0 Å². The van der Waals surface area contributed by atoms with E-state index in [0.29, 0.717) is 0 Å². The SMILES string of the molecule is C1CCNCC[N]C1. The van der Waals surface area contributed by atoms with Gasteiger partial charge in [0.15, 0.2) is 0 Å². The van der Waals surface area contributed by atoms with Crippen LogP contribution in [0.3, 0.4) is 0 Å². The molecule has 1 heterocycles. The van der Waals surface area contributed by atoms with Gasteiger partial charge in [-0.05, 0) is 19.4 Å². The minimum absolute atomic E-state index is 1.01. The molecule has 1 radical (unpaired) electrons. The van der Waals surface area contributed by atoms with E-state index in [0.717, 1.165) is 19.6 Å². The molecule has 1 saturated heterocycles. The minimum atomic E-state index is 1.01. The lowest BCUT2D eigenvalue weighted by Crippen LogP contribution is -2.27. The van der Waals surface area contributed by atoms with Gasteiger partial charge < -0.3 is 5.32 Å². The average Bonchev–Trinajstić information content (AvgIpc) is 1.62. The summed E-state index contributed by atoms with van der Waals surface area (Å²) in [5.74, 6) is 0. The van der Waals surface area contributed by atoms with E-state index in [1.165, 1.54) is 19.4 Å². The van der Waals surface area contributed by atoms with Crippen molar-refractivity contribution in [2.45, 2.75) is 12.8 Å². The molecule has 1 rings (SSSR count).